The molecule has 0 spiro atoms. The summed E-state index contributed by atoms with van der Waals surface area (Å²) in [7, 11) is 1.39. The van der Waals surface area contributed by atoms with Gasteiger partial charge in [0.2, 0.25) is 5.91 Å². The van der Waals surface area contributed by atoms with Gasteiger partial charge in [0.15, 0.2) is 5.78 Å². The number of Topliss-reactive ketones (excluding diaryl/α,β-unsaturated/α-hetero) is 1. The molecule has 2 N–H and O–H groups in total. The normalized spacial score (nSPS) is 10.3. The zero-order chi connectivity index (χ0) is 19.3. The Balaban J connectivity index is 2.02. The second-order valence-electron chi connectivity index (χ2n) is 6.01. The number of carbonyl (C=O) groups excluding carboxylic acids is 2. The monoisotopic (exact) mass is 355 g/mol. The third kappa shape index (κ3) is 4.69. The van der Waals surface area contributed by atoms with Gasteiger partial charge in [-0.15, -0.1) is 0 Å². The highest BCUT2D eigenvalue weighted by molar-refractivity contribution is 6.01. The molecule has 0 radical (unpaired) electrons. The Labute approximate surface area is 151 Å². The maximum atomic E-state index is 12.3. The van der Waals surface area contributed by atoms with Crippen LogP contribution in [0.1, 0.15) is 44.7 Å². The second-order valence-corrected chi connectivity index (χ2v) is 6.01. The highest BCUT2D eigenvalue weighted by Gasteiger charge is 2.14. The summed E-state index contributed by atoms with van der Waals surface area (Å²) in [6, 6.07) is 9.82. The van der Waals surface area contributed by atoms with Gasteiger partial charge in [-0.05, 0) is 43.7 Å². The number of hydrogen-bond acceptors (Lipinski definition) is 4. The van der Waals surface area contributed by atoms with Crippen LogP contribution in [0.2, 0.25) is 0 Å². The van der Waals surface area contributed by atoms with Gasteiger partial charge < -0.3 is 15.2 Å². The van der Waals surface area contributed by atoms with Gasteiger partial charge in [0.1, 0.15) is 5.75 Å². The Morgan fingerprint density at radius 3 is 2.42 bits per heavy atom. The quantitative estimate of drug-likeness (QED) is 0.740. The second kappa shape index (κ2) is 8.29. The van der Waals surface area contributed by atoms with Crippen LogP contribution in [0.4, 0.5) is 5.69 Å². The van der Waals surface area contributed by atoms with Crippen LogP contribution in [0.25, 0.3) is 0 Å². The van der Waals surface area contributed by atoms with Crippen molar-refractivity contribution >= 4 is 23.3 Å². The lowest BCUT2D eigenvalue weighted by molar-refractivity contribution is -0.116. The van der Waals surface area contributed by atoms with Crippen LogP contribution >= 0.6 is 0 Å². The molecule has 0 fully saturated rings. The molecule has 1 amide bonds. The SMILES string of the molecule is COc1cc(C(=O)O)ccc1NC(=O)CCC(=O)c1cc(C)ccc1C. The number of ketones is 1. The van der Waals surface area contributed by atoms with Crippen molar-refractivity contribution in [3.05, 3.63) is 58.7 Å². The third-order valence-electron chi connectivity index (χ3n) is 4.00. The van der Waals surface area contributed by atoms with Gasteiger partial charge in [-0.25, -0.2) is 4.79 Å². The Morgan fingerprint density at radius 1 is 1.04 bits per heavy atom. The van der Waals surface area contributed by atoms with Crippen LogP contribution in [0.3, 0.4) is 0 Å². The molecule has 26 heavy (non-hydrogen) atoms. The van der Waals surface area contributed by atoms with Crippen molar-refractivity contribution in [2.75, 3.05) is 12.4 Å². The van der Waals surface area contributed by atoms with Gasteiger partial charge in [-0.3, -0.25) is 9.59 Å². The fourth-order valence-electron chi connectivity index (χ4n) is 2.54. The van der Waals surface area contributed by atoms with Crippen molar-refractivity contribution < 1.29 is 24.2 Å². The minimum Gasteiger partial charge on any atom is -0.495 e. The summed E-state index contributed by atoms with van der Waals surface area (Å²) in [5.41, 5.74) is 2.92. The number of benzene rings is 2. The number of amides is 1. The summed E-state index contributed by atoms with van der Waals surface area (Å²) in [6.45, 7) is 3.78. The highest BCUT2D eigenvalue weighted by atomic mass is 16.5. The molecular weight excluding hydrogens is 334 g/mol. The van der Waals surface area contributed by atoms with Crippen LogP contribution in [-0.4, -0.2) is 29.9 Å². The van der Waals surface area contributed by atoms with Gasteiger partial charge in [0.05, 0.1) is 18.4 Å². The van der Waals surface area contributed by atoms with Gasteiger partial charge in [0.25, 0.3) is 0 Å². The lowest BCUT2D eigenvalue weighted by atomic mass is 9.99. The first-order valence-electron chi connectivity index (χ1n) is 8.13. The average Bonchev–Trinajstić information content (AvgIpc) is 2.61. The van der Waals surface area contributed by atoms with Crippen molar-refractivity contribution in [3.8, 4) is 5.75 Å². The Bertz CT molecular complexity index is 857. The van der Waals surface area contributed by atoms with Gasteiger partial charge >= 0.3 is 5.97 Å². The molecule has 0 aromatic heterocycles. The number of nitrogens with one attached hydrogen (secondary N) is 1. The van der Waals surface area contributed by atoms with E-state index in [1.165, 1.54) is 25.3 Å². The minimum atomic E-state index is -1.08. The number of carboxylic acid groups (broad SMARTS) is 1. The van der Waals surface area contributed by atoms with E-state index in [4.69, 9.17) is 9.84 Å². The number of aromatic carboxylic acids is 1. The topological polar surface area (TPSA) is 92.7 Å². The zero-order valence-corrected chi connectivity index (χ0v) is 15.0. The maximum Gasteiger partial charge on any atom is 0.335 e. The van der Waals surface area contributed by atoms with Crippen molar-refractivity contribution in [3.63, 3.8) is 0 Å². The zero-order valence-electron chi connectivity index (χ0n) is 15.0. The molecule has 0 aliphatic rings. The molecule has 0 saturated heterocycles. The van der Waals surface area contributed by atoms with Crippen LogP contribution < -0.4 is 10.1 Å². The minimum absolute atomic E-state index is 0.0239. The molecule has 0 atom stereocenters. The molecule has 2 aromatic rings. The van der Waals surface area contributed by atoms with Crippen LogP contribution in [0.5, 0.6) is 5.75 Å². The van der Waals surface area contributed by atoms with Crippen LogP contribution in [0, 0.1) is 13.8 Å². The lowest BCUT2D eigenvalue weighted by Crippen LogP contribution is -2.15. The molecule has 2 rings (SSSR count). The molecule has 6 nitrogen and oxygen atoms in total. The smallest absolute Gasteiger partial charge is 0.335 e. The van der Waals surface area contributed by atoms with Gasteiger partial charge in [-0.2, -0.15) is 0 Å². The van der Waals surface area contributed by atoms with Crippen molar-refractivity contribution in [2.45, 2.75) is 26.7 Å². The molecule has 0 bridgehead atoms. The number of aryl methyl sites for hydroxylation is 2. The largest absolute Gasteiger partial charge is 0.495 e. The van der Waals surface area contributed by atoms with E-state index >= 15 is 0 Å². The summed E-state index contributed by atoms with van der Waals surface area (Å²) in [5, 5.41) is 11.6. The number of carbonyl (C=O) groups is 3. The molecule has 0 heterocycles. The predicted molar refractivity (Wildman–Crippen MR) is 98.1 cm³/mol. The first kappa shape index (κ1) is 19.2. The van der Waals surface area contributed by atoms with Gasteiger partial charge in [0, 0.05) is 18.4 Å². The molecule has 0 aliphatic carbocycles. The first-order chi connectivity index (χ1) is 12.3. The fraction of sp³-hybridized carbons (Fsp3) is 0.250. The van der Waals surface area contributed by atoms with Gasteiger partial charge in [-0.1, -0.05) is 17.7 Å². The third-order valence-corrected chi connectivity index (χ3v) is 4.00. The Kier molecular flexibility index (Phi) is 6.11. The van der Waals surface area contributed by atoms with E-state index in [1.54, 1.807) is 0 Å². The number of carboxylic acids is 1. The molecule has 2 aromatic carbocycles. The molecule has 6 heteroatoms. The van der Waals surface area contributed by atoms with Crippen molar-refractivity contribution in [1.82, 2.24) is 0 Å². The number of ether oxygens (including phenoxy) is 1. The fourth-order valence-corrected chi connectivity index (χ4v) is 2.54. The van der Waals surface area contributed by atoms with E-state index in [0.29, 0.717) is 11.3 Å². The summed E-state index contributed by atoms with van der Waals surface area (Å²) in [6.07, 6.45) is 0.113. The number of hydrogen-bond donors (Lipinski definition) is 2. The average molecular weight is 355 g/mol. The molecule has 0 saturated carbocycles. The summed E-state index contributed by atoms with van der Waals surface area (Å²) >= 11 is 0. The summed E-state index contributed by atoms with van der Waals surface area (Å²) < 4.78 is 5.12. The Hall–Kier alpha value is -3.15. The maximum absolute atomic E-state index is 12.3. The molecule has 136 valence electrons. The van der Waals surface area contributed by atoms with E-state index in [1.807, 2.05) is 32.0 Å². The van der Waals surface area contributed by atoms with Crippen molar-refractivity contribution in [1.29, 1.82) is 0 Å². The first-order valence-corrected chi connectivity index (χ1v) is 8.13. The standard InChI is InChI=1S/C20H21NO5/c1-12-4-5-13(2)15(10-12)17(22)8-9-19(23)21-16-7-6-14(20(24)25)11-18(16)26-3/h4-7,10-11H,8-9H2,1-3H3,(H,21,23)(H,24,25). The van der Waals surface area contributed by atoms with E-state index < -0.39 is 5.97 Å². The highest BCUT2D eigenvalue weighted by Crippen LogP contribution is 2.26. The van der Waals surface area contributed by atoms with E-state index in [2.05, 4.69) is 5.32 Å². The van der Waals surface area contributed by atoms with Crippen molar-refractivity contribution in [2.24, 2.45) is 0 Å². The lowest BCUT2D eigenvalue weighted by Gasteiger charge is -2.11. The predicted octanol–water partition coefficient (Wildman–Crippen LogP) is 3.61. The van der Waals surface area contributed by atoms with E-state index in [0.717, 1.165) is 11.1 Å². The molecule has 0 unspecified atom stereocenters. The molecular formula is C20H21NO5. The van der Waals surface area contributed by atoms with Crippen LogP contribution in [-0.2, 0) is 4.79 Å². The number of rotatable bonds is 7. The Morgan fingerprint density at radius 2 is 1.77 bits per heavy atom. The van der Waals surface area contributed by atoms with E-state index in [-0.39, 0.29) is 35.8 Å². The van der Waals surface area contributed by atoms with Crippen LogP contribution in [0.15, 0.2) is 36.4 Å². The summed E-state index contributed by atoms with van der Waals surface area (Å²) in [4.78, 5) is 35.5. The summed E-state index contributed by atoms with van der Waals surface area (Å²) in [5.74, 6) is -1.26. The number of methoxy groups -OCH3 is 1. The number of anilines is 1. The van der Waals surface area contributed by atoms with E-state index in [9.17, 15) is 14.4 Å². The molecule has 0 aliphatic heterocycles.